The van der Waals surface area contributed by atoms with E-state index in [4.69, 9.17) is 23.2 Å². The lowest BCUT2D eigenvalue weighted by Crippen LogP contribution is -2.54. The number of rotatable bonds is 6. The third kappa shape index (κ3) is 5.99. The zero-order valence-corrected chi connectivity index (χ0v) is 19.5. The van der Waals surface area contributed by atoms with Gasteiger partial charge in [-0.15, -0.1) is 0 Å². The van der Waals surface area contributed by atoms with Crippen LogP contribution in [0.25, 0.3) is 0 Å². The molecule has 1 aliphatic rings. The minimum atomic E-state index is -0.724. The second-order valence-electron chi connectivity index (χ2n) is 8.15. The van der Waals surface area contributed by atoms with Crippen molar-refractivity contribution in [1.82, 2.24) is 15.2 Å². The van der Waals surface area contributed by atoms with Gasteiger partial charge >= 0.3 is 0 Å². The summed E-state index contributed by atoms with van der Waals surface area (Å²) in [7, 11) is 0. The molecule has 0 bridgehead atoms. The Bertz CT molecular complexity index is 981. The fourth-order valence-electron chi connectivity index (χ4n) is 3.64. The number of nitrogens with one attached hydrogen (secondary N) is 2. The fourth-order valence-corrected chi connectivity index (χ4v) is 3.98. The van der Waals surface area contributed by atoms with E-state index >= 15 is 0 Å². The van der Waals surface area contributed by atoms with Crippen LogP contribution in [-0.2, 0) is 9.59 Å². The molecule has 2 atom stereocenters. The molecule has 0 spiro atoms. The van der Waals surface area contributed by atoms with Gasteiger partial charge < -0.3 is 15.5 Å². The maximum atomic E-state index is 13.3. The Morgan fingerprint density at radius 1 is 1.12 bits per heavy atom. The van der Waals surface area contributed by atoms with Gasteiger partial charge in [0.2, 0.25) is 11.8 Å². The number of hydrogen-bond donors (Lipinski definition) is 2. The molecule has 0 aliphatic carbocycles. The average molecular weight is 477 g/mol. The third-order valence-corrected chi connectivity index (χ3v) is 5.97. The summed E-state index contributed by atoms with van der Waals surface area (Å²) in [5.41, 5.74) is 0.318. The number of pyridine rings is 1. The topological polar surface area (TPSA) is 91.4 Å². The predicted molar refractivity (Wildman–Crippen MR) is 125 cm³/mol. The van der Waals surface area contributed by atoms with Crippen molar-refractivity contribution in [3.05, 3.63) is 58.2 Å². The van der Waals surface area contributed by atoms with Gasteiger partial charge in [-0.05, 0) is 43.0 Å². The molecule has 1 aliphatic heterocycles. The van der Waals surface area contributed by atoms with E-state index in [0.29, 0.717) is 40.8 Å². The van der Waals surface area contributed by atoms with Crippen LogP contribution in [-0.4, -0.2) is 46.7 Å². The van der Waals surface area contributed by atoms with Gasteiger partial charge in [-0.25, -0.2) is 4.98 Å². The number of carbonyl (C=O) groups excluding carboxylic acids is 3. The molecule has 1 aromatic carbocycles. The van der Waals surface area contributed by atoms with Crippen molar-refractivity contribution in [2.24, 2.45) is 11.8 Å². The quantitative estimate of drug-likeness (QED) is 0.658. The van der Waals surface area contributed by atoms with Crippen LogP contribution in [0.4, 0.5) is 5.82 Å². The standard InChI is InChI=1S/C23H26Cl2N4O3/c1-14(2)20(28-22(31)17-7-3-4-8-18(17)25)23(32)29-11-5-6-15(13-29)21(30)27-19-10-9-16(24)12-26-19/h3-4,7-10,12,14-15,20H,5-6,11,13H2,1-2H3,(H,28,31)(H,26,27,30). The molecule has 0 radical (unpaired) electrons. The van der Waals surface area contributed by atoms with Crippen molar-refractivity contribution in [2.75, 3.05) is 18.4 Å². The number of aromatic nitrogens is 1. The van der Waals surface area contributed by atoms with E-state index < -0.39 is 11.9 Å². The Morgan fingerprint density at radius 2 is 1.88 bits per heavy atom. The van der Waals surface area contributed by atoms with Crippen molar-refractivity contribution in [3.8, 4) is 0 Å². The number of benzene rings is 1. The molecular formula is C23H26Cl2N4O3. The van der Waals surface area contributed by atoms with Crippen molar-refractivity contribution in [3.63, 3.8) is 0 Å². The van der Waals surface area contributed by atoms with Gasteiger partial charge in [0.05, 0.1) is 21.5 Å². The molecule has 2 heterocycles. The lowest BCUT2D eigenvalue weighted by molar-refractivity contribution is -0.137. The van der Waals surface area contributed by atoms with Crippen molar-refractivity contribution >= 4 is 46.7 Å². The monoisotopic (exact) mass is 476 g/mol. The molecule has 9 heteroatoms. The maximum Gasteiger partial charge on any atom is 0.253 e. The Hall–Kier alpha value is -2.64. The number of anilines is 1. The molecule has 1 aromatic heterocycles. The highest BCUT2D eigenvalue weighted by molar-refractivity contribution is 6.33. The predicted octanol–water partition coefficient (Wildman–Crippen LogP) is 4.02. The fraction of sp³-hybridized carbons (Fsp3) is 0.391. The number of carbonyl (C=O) groups is 3. The van der Waals surface area contributed by atoms with Crippen molar-refractivity contribution in [2.45, 2.75) is 32.7 Å². The lowest BCUT2D eigenvalue weighted by atomic mass is 9.94. The first kappa shape index (κ1) is 24.0. The van der Waals surface area contributed by atoms with Crippen LogP contribution >= 0.6 is 23.2 Å². The van der Waals surface area contributed by atoms with Crippen molar-refractivity contribution in [1.29, 1.82) is 0 Å². The largest absolute Gasteiger partial charge is 0.340 e. The molecule has 32 heavy (non-hydrogen) atoms. The molecule has 1 fully saturated rings. The second kappa shape index (κ2) is 10.8. The molecule has 2 unspecified atom stereocenters. The van der Waals surface area contributed by atoms with E-state index in [2.05, 4.69) is 15.6 Å². The smallest absolute Gasteiger partial charge is 0.253 e. The first-order chi connectivity index (χ1) is 15.3. The molecule has 7 nitrogen and oxygen atoms in total. The molecule has 3 amide bonds. The van der Waals surface area contributed by atoms with Crippen LogP contribution in [0.1, 0.15) is 37.0 Å². The summed E-state index contributed by atoms with van der Waals surface area (Å²) in [5.74, 6) is -0.891. The first-order valence-corrected chi connectivity index (χ1v) is 11.3. The molecule has 2 aromatic rings. The minimum absolute atomic E-state index is 0.138. The number of likely N-dealkylation sites (tertiary alicyclic amines) is 1. The van der Waals surface area contributed by atoms with Gasteiger partial charge in [0.25, 0.3) is 5.91 Å². The number of piperidine rings is 1. The minimum Gasteiger partial charge on any atom is -0.340 e. The van der Waals surface area contributed by atoms with Gasteiger partial charge in [0.1, 0.15) is 11.9 Å². The van der Waals surface area contributed by atoms with Gasteiger partial charge in [0.15, 0.2) is 0 Å². The first-order valence-electron chi connectivity index (χ1n) is 10.5. The number of hydrogen-bond acceptors (Lipinski definition) is 4. The zero-order chi connectivity index (χ0) is 23.3. The Labute approximate surface area is 197 Å². The van der Waals surface area contributed by atoms with Crippen LogP contribution in [0.3, 0.4) is 0 Å². The zero-order valence-electron chi connectivity index (χ0n) is 18.0. The molecule has 0 saturated carbocycles. The van der Waals surface area contributed by atoms with E-state index in [1.807, 2.05) is 13.8 Å². The Balaban J connectivity index is 1.66. The van der Waals surface area contributed by atoms with E-state index in [0.717, 1.165) is 0 Å². The lowest BCUT2D eigenvalue weighted by Gasteiger charge is -2.35. The number of nitrogens with zero attached hydrogens (tertiary/aromatic N) is 2. The van der Waals surface area contributed by atoms with Crippen LogP contribution in [0.15, 0.2) is 42.6 Å². The molecule has 2 N–H and O–H groups in total. The number of halogens is 2. The van der Waals surface area contributed by atoms with E-state index in [9.17, 15) is 14.4 Å². The highest BCUT2D eigenvalue weighted by Gasteiger charge is 2.34. The van der Waals surface area contributed by atoms with Gasteiger partial charge in [0, 0.05) is 19.3 Å². The molecule has 170 valence electrons. The molecular weight excluding hydrogens is 451 g/mol. The Morgan fingerprint density at radius 3 is 2.53 bits per heavy atom. The summed E-state index contributed by atoms with van der Waals surface area (Å²) < 4.78 is 0. The second-order valence-corrected chi connectivity index (χ2v) is 8.99. The third-order valence-electron chi connectivity index (χ3n) is 5.42. The average Bonchev–Trinajstić information content (AvgIpc) is 2.78. The van der Waals surface area contributed by atoms with E-state index in [-0.39, 0.29) is 30.2 Å². The van der Waals surface area contributed by atoms with Gasteiger partial charge in [-0.3, -0.25) is 14.4 Å². The molecule has 1 saturated heterocycles. The summed E-state index contributed by atoms with van der Waals surface area (Å²) in [6.07, 6.45) is 2.82. The van der Waals surface area contributed by atoms with Crippen LogP contribution < -0.4 is 10.6 Å². The van der Waals surface area contributed by atoms with E-state index in [1.54, 1.807) is 41.3 Å². The van der Waals surface area contributed by atoms with Gasteiger partial charge in [-0.2, -0.15) is 0 Å². The normalized spacial score (nSPS) is 17.0. The van der Waals surface area contributed by atoms with E-state index in [1.165, 1.54) is 6.20 Å². The summed E-state index contributed by atoms with van der Waals surface area (Å²) in [4.78, 5) is 44.5. The van der Waals surface area contributed by atoms with Crippen LogP contribution in [0.2, 0.25) is 10.0 Å². The summed E-state index contributed by atoms with van der Waals surface area (Å²) >= 11 is 12.0. The van der Waals surface area contributed by atoms with Crippen molar-refractivity contribution < 1.29 is 14.4 Å². The summed E-state index contributed by atoms with van der Waals surface area (Å²) in [6.45, 7) is 4.56. The SMILES string of the molecule is CC(C)C(NC(=O)c1ccccc1Cl)C(=O)N1CCCC(C(=O)Nc2ccc(Cl)cn2)C1. The van der Waals surface area contributed by atoms with Gasteiger partial charge in [-0.1, -0.05) is 49.2 Å². The number of amides is 3. The highest BCUT2D eigenvalue weighted by Crippen LogP contribution is 2.21. The molecule has 3 rings (SSSR count). The summed E-state index contributed by atoms with van der Waals surface area (Å²) in [6, 6.07) is 9.26. The summed E-state index contributed by atoms with van der Waals surface area (Å²) in [5, 5.41) is 6.41. The maximum absolute atomic E-state index is 13.3. The highest BCUT2D eigenvalue weighted by atomic mass is 35.5. The van der Waals surface area contributed by atoms with Crippen LogP contribution in [0.5, 0.6) is 0 Å². The van der Waals surface area contributed by atoms with Crippen LogP contribution in [0, 0.1) is 11.8 Å². The Kier molecular flexibility index (Phi) is 8.10.